The van der Waals surface area contributed by atoms with Crippen LogP contribution in [0.2, 0.25) is 5.02 Å². The monoisotopic (exact) mass is 333 g/mol. The number of aromatic nitrogens is 3. The van der Waals surface area contributed by atoms with Crippen LogP contribution in [-0.2, 0) is 13.0 Å². The zero-order valence-electron chi connectivity index (χ0n) is 12.3. The number of nitrogens with zero attached hydrogens (tertiary/aromatic N) is 3. The highest BCUT2D eigenvalue weighted by Crippen LogP contribution is 2.22. The zero-order chi connectivity index (χ0) is 16.2. The second-order valence-corrected chi connectivity index (χ2v) is 5.61. The average molecular weight is 334 g/mol. The van der Waals surface area contributed by atoms with E-state index in [-0.39, 0.29) is 19.3 Å². The molecule has 3 aromatic rings. The molecular formula is C16H16ClN3O3. The first-order valence-corrected chi connectivity index (χ1v) is 7.54. The second-order valence-electron chi connectivity index (χ2n) is 5.17. The third-order valence-corrected chi connectivity index (χ3v) is 3.80. The van der Waals surface area contributed by atoms with Crippen LogP contribution in [0, 0.1) is 0 Å². The van der Waals surface area contributed by atoms with Crippen molar-refractivity contribution in [1.29, 1.82) is 0 Å². The summed E-state index contributed by atoms with van der Waals surface area (Å²) >= 11 is 5.88. The van der Waals surface area contributed by atoms with Crippen LogP contribution in [-0.4, -0.2) is 31.8 Å². The molecule has 0 fully saturated rings. The molecule has 0 amide bonds. The highest BCUT2D eigenvalue weighted by Gasteiger charge is 2.15. The standard InChI is InChI=1S/C16H16ClN3O3/c17-12-3-1-11(2-4-12)7-13(9-21)20-8-15(18-19-20)16-6-5-14(10-22)23-16/h1-6,8,13,21-22H,7,9-10H2. The van der Waals surface area contributed by atoms with Crippen LogP contribution in [0.3, 0.4) is 0 Å². The molecule has 0 radical (unpaired) electrons. The van der Waals surface area contributed by atoms with Crippen LogP contribution in [0.1, 0.15) is 17.4 Å². The number of hydrogen-bond acceptors (Lipinski definition) is 5. The quantitative estimate of drug-likeness (QED) is 0.724. The van der Waals surface area contributed by atoms with E-state index in [1.54, 1.807) is 23.0 Å². The number of aliphatic hydroxyl groups excluding tert-OH is 2. The maximum Gasteiger partial charge on any atom is 0.156 e. The van der Waals surface area contributed by atoms with Crippen LogP contribution in [0.15, 0.2) is 47.0 Å². The minimum absolute atomic E-state index is 0.0640. The van der Waals surface area contributed by atoms with E-state index in [4.69, 9.17) is 21.1 Å². The Morgan fingerprint density at radius 3 is 2.57 bits per heavy atom. The van der Waals surface area contributed by atoms with Crippen molar-refractivity contribution in [1.82, 2.24) is 15.0 Å². The van der Waals surface area contributed by atoms with Crippen molar-refractivity contribution in [3.8, 4) is 11.5 Å². The van der Waals surface area contributed by atoms with E-state index in [9.17, 15) is 5.11 Å². The molecule has 23 heavy (non-hydrogen) atoms. The lowest BCUT2D eigenvalue weighted by Gasteiger charge is -2.13. The summed E-state index contributed by atoms with van der Waals surface area (Å²) in [7, 11) is 0. The normalized spacial score (nSPS) is 12.5. The summed E-state index contributed by atoms with van der Waals surface area (Å²) in [6.45, 7) is -0.227. The van der Waals surface area contributed by atoms with Gasteiger partial charge in [0.2, 0.25) is 0 Å². The molecule has 0 aliphatic heterocycles. The fourth-order valence-electron chi connectivity index (χ4n) is 2.30. The van der Waals surface area contributed by atoms with E-state index in [1.165, 1.54) is 0 Å². The molecule has 0 saturated heterocycles. The Morgan fingerprint density at radius 1 is 1.13 bits per heavy atom. The molecule has 120 valence electrons. The molecule has 3 rings (SSSR count). The van der Waals surface area contributed by atoms with Gasteiger partial charge in [0, 0.05) is 5.02 Å². The lowest BCUT2D eigenvalue weighted by atomic mass is 10.1. The zero-order valence-corrected chi connectivity index (χ0v) is 13.0. The molecule has 7 heteroatoms. The fraction of sp³-hybridized carbons (Fsp3) is 0.250. The highest BCUT2D eigenvalue weighted by molar-refractivity contribution is 6.30. The van der Waals surface area contributed by atoms with Crippen molar-refractivity contribution in [3.63, 3.8) is 0 Å². The topological polar surface area (TPSA) is 84.3 Å². The Bertz CT molecular complexity index is 767. The Kier molecular flexibility index (Phi) is 4.76. The van der Waals surface area contributed by atoms with Gasteiger partial charge < -0.3 is 14.6 Å². The Hall–Kier alpha value is -2.15. The lowest BCUT2D eigenvalue weighted by Crippen LogP contribution is -2.16. The first-order chi connectivity index (χ1) is 11.2. The average Bonchev–Trinajstić information content (AvgIpc) is 3.23. The van der Waals surface area contributed by atoms with E-state index < -0.39 is 0 Å². The van der Waals surface area contributed by atoms with Gasteiger partial charge in [-0.05, 0) is 36.2 Å². The van der Waals surface area contributed by atoms with Crippen LogP contribution < -0.4 is 0 Å². The summed E-state index contributed by atoms with van der Waals surface area (Å²) in [5.41, 5.74) is 1.60. The third-order valence-electron chi connectivity index (χ3n) is 3.55. The molecule has 1 aromatic carbocycles. The summed E-state index contributed by atoms with van der Waals surface area (Å²) in [4.78, 5) is 0. The van der Waals surface area contributed by atoms with Gasteiger partial charge in [0.05, 0.1) is 18.8 Å². The predicted octanol–water partition coefficient (Wildman–Crippen LogP) is 2.46. The maximum atomic E-state index is 9.65. The van der Waals surface area contributed by atoms with Crippen molar-refractivity contribution >= 4 is 11.6 Å². The number of halogens is 1. The van der Waals surface area contributed by atoms with E-state index in [0.717, 1.165) is 5.56 Å². The van der Waals surface area contributed by atoms with Crippen LogP contribution in [0.4, 0.5) is 0 Å². The van der Waals surface area contributed by atoms with Crippen LogP contribution in [0.5, 0.6) is 0 Å². The summed E-state index contributed by atoms with van der Waals surface area (Å²) in [6.07, 6.45) is 2.33. The first kappa shape index (κ1) is 15.7. The SMILES string of the molecule is OCc1ccc(-c2cn(C(CO)Cc3ccc(Cl)cc3)nn2)o1. The van der Waals surface area contributed by atoms with Crippen molar-refractivity contribution < 1.29 is 14.6 Å². The van der Waals surface area contributed by atoms with E-state index >= 15 is 0 Å². The van der Waals surface area contributed by atoms with Gasteiger partial charge in [-0.1, -0.05) is 28.9 Å². The molecule has 1 unspecified atom stereocenters. The van der Waals surface area contributed by atoms with Crippen molar-refractivity contribution in [2.75, 3.05) is 6.61 Å². The fourth-order valence-corrected chi connectivity index (χ4v) is 2.43. The first-order valence-electron chi connectivity index (χ1n) is 7.16. The molecule has 2 aromatic heterocycles. The number of benzene rings is 1. The number of furan rings is 1. The Labute approximate surface area is 137 Å². The summed E-state index contributed by atoms with van der Waals surface area (Å²) in [6, 6.07) is 10.7. The van der Waals surface area contributed by atoms with Gasteiger partial charge in [-0.15, -0.1) is 5.10 Å². The molecule has 0 saturated carbocycles. The van der Waals surface area contributed by atoms with E-state index in [1.807, 2.05) is 24.3 Å². The smallest absolute Gasteiger partial charge is 0.156 e. The van der Waals surface area contributed by atoms with Gasteiger partial charge in [0.15, 0.2) is 5.76 Å². The van der Waals surface area contributed by atoms with Crippen LogP contribution in [0.25, 0.3) is 11.5 Å². The number of hydrogen-bond donors (Lipinski definition) is 2. The molecule has 0 bridgehead atoms. The Morgan fingerprint density at radius 2 is 1.91 bits per heavy atom. The lowest BCUT2D eigenvalue weighted by molar-refractivity contribution is 0.216. The minimum Gasteiger partial charge on any atom is -0.457 e. The maximum absolute atomic E-state index is 9.65. The highest BCUT2D eigenvalue weighted by atomic mass is 35.5. The van der Waals surface area contributed by atoms with E-state index in [0.29, 0.717) is 28.7 Å². The Balaban J connectivity index is 1.77. The molecule has 0 aliphatic rings. The molecule has 0 aliphatic carbocycles. The van der Waals surface area contributed by atoms with Crippen molar-refractivity contribution in [2.45, 2.75) is 19.1 Å². The van der Waals surface area contributed by atoms with Crippen LogP contribution >= 0.6 is 11.6 Å². The van der Waals surface area contributed by atoms with Gasteiger partial charge >= 0.3 is 0 Å². The predicted molar refractivity (Wildman–Crippen MR) is 84.9 cm³/mol. The van der Waals surface area contributed by atoms with Gasteiger partial charge in [0.1, 0.15) is 18.1 Å². The molecular weight excluding hydrogens is 318 g/mol. The van der Waals surface area contributed by atoms with Gasteiger partial charge in [-0.2, -0.15) is 0 Å². The summed E-state index contributed by atoms with van der Waals surface area (Å²) in [5.74, 6) is 0.998. The molecule has 0 spiro atoms. The van der Waals surface area contributed by atoms with Crippen molar-refractivity contribution in [2.24, 2.45) is 0 Å². The largest absolute Gasteiger partial charge is 0.457 e. The van der Waals surface area contributed by atoms with Gasteiger partial charge in [-0.25, -0.2) is 4.68 Å². The third kappa shape index (κ3) is 3.61. The number of rotatable bonds is 6. The molecule has 6 nitrogen and oxygen atoms in total. The molecule has 2 heterocycles. The molecule has 1 atom stereocenters. The van der Waals surface area contributed by atoms with Gasteiger partial charge in [0.25, 0.3) is 0 Å². The summed E-state index contributed by atoms with van der Waals surface area (Å²) < 4.78 is 7.05. The summed E-state index contributed by atoms with van der Waals surface area (Å²) in [5, 5.41) is 27.5. The second kappa shape index (κ2) is 6.95. The van der Waals surface area contributed by atoms with Gasteiger partial charge in [-0.3, -0.25) is 0 Å². The minimum atomic E-state index is -0.232. The van der Waals surface area contributed by atoms with Crippen molar-refractivity contribution in [3.05, 3.63) is 58.9 Å². The molecule has 2 N–H and O–H groups in total. The van der Waals surface area contributed by atoms with E-state index in [2.05, 4.69) is 10.3 Å². The number of aliphatic hydroxyl groups is 2.